The van der Waals surface area contributed by atoms with Crippen LogP contribution in [0.25, 0.3) is 11.0 Å². The van der Waals surface area contributed by atoms with Crippen molar-refractivity contribution in [3.05, 3.63) is 89.5 Å². The summed E-state index contributed by atoms with van der Waals surface area (Å²) in [4.78, 5) is 21.5. The van der Waals surface area contributed by atoms with Crippen molar-refractivity contribution < 1.29 is 9.53 Å². The second kappa shape index (κ2) is 10.3. The predicted molar refractivity (Wildman–Crippen MR) is 130 cm³/mol. The number of carbonyl (C=O) groups is 1. The zero-order valence-electron chi connectivity index (χ0n) is 19.4. The highest BCUT2D eigenvalue weighted by atomic mass is 16.5. The molecule has 0 radical (unpaired) electrons. The lowest BCUT2D eigenvalue weighted by molar-refractivity contribution is 0.0937. The van der Waals surface area contributed by atoms with Gasteiger partial charge in [-0.15, -0.1) is 0 Å². The maximum absolute atomic E-state index is 12.6. The molecule has 0 aliphatic carbocycles. The molecule has 1 amide bonds. The molecule has 0 aliphatic heterocycles. The summed E-state index contributed by atoms with van der Waals surface area (Å²) in [6.45, 7) is 7.59. The van der Waals surface area contributed by atoms with Gasteiger partial charge in [-0.05, 0) is 69.0 Å². The smallest absolute Gasteiger partial charge is 0.253 e. The van der Waals surface area contributed by atoms with Gasteiger partial charge in [-0.3, -0.25) is 9.78 Å². The summed E-state index contributed by atoms with van der Waals surface area (Å²) in [6, 6.07) is 17.6. The van der Waals surface area contributed by atoms with Crippen LogP contribution in [0.1, 0.15) is 53.1 Å². The molecule has 0 aliphatic rings. The molecule has 1 atom stereocenters. The standard InChI is InChI=1S/C27H30N4O2/c1-19-10-8-11-20(2)25(19)33-17-7-6-16-31-24-14-5-4-13-23(24)30-26(31)21(3)29-27(32)22-12-9-15-28-18-22/h4-5,8-15,18,21H,6-7,16-17H2,1-3H3,(H,29,32). The number of aromatic nitrogens is 3. The molecule has 2 aromatic carbocycles. The molecule has 0 bridgehead atoms. The number of benzene rings is 2. The summed E-state index contributed by atoms with van der Waals surface area (Å²) in [6.07, 6.45) is 5.10. The van der Waals surface area contributed by atoms with Gasteiger partial charge >= 0.3 is 0 Å². The predicted octanol–water partition coefficient (Wildman–Crippen LogP) is 5.40. The lowest BCUT2D eigenvalue weighted by Crippen LogP contribution is -2.28. The minimum absolute atomic E-state index is 0.156. The highest BCUT2D eigenvalue weighted by Crippen LogP contribution is 2.24. The van der Waals surface area contributed by atoms with E-state index < -0.39 is 0 Å². The van der Waals surface area contributed by atoms with Crippen LogP contribution < -0.4 is 10.1 Å². The van der Waals surface area contributed by atoms with Crippen molar-refractivity contribution in [3.63, 3.8) is 0 Å². The van der Waals surface area contributed by atoms with Crippen molar-refractivity contribution in [1.29, 1.82) is 0 Å². The minimum atomic E-state index is -0.240. The minimum Gasteiger partial charge on any atom is -0.493 e. The van der Waals surface area contributed by atoms with Gasteiger partial charge in [0.05, 0.1) is 29.2 Å². The van der Waals surface area contributed by atoms with Crippen LogP contribution >= 0.6 is 0 Å². The Balaban J connectivity index is 1.43. The molecule has 170 valence electrons. The first-order valence-corrected chi connectivity index (χ1v) is 11.4. The Morgan fingerprint density at radius 1 is 1.03 bits per heavy atom. The Morgan fingerprint density at radius 2 is 1.82 bits per heavy atom. The first kappa shape index (κ1) is 22.5. The number of para-hydroxylation sites is 3. The van der Waals surface area contributed by atoms with Gasteiger partial charge in [-0.2, -0.15) is 0 Å². The molecule has 0 saturated heterocycles. The van der Waals surface area contributed by atoms with E-state index >= 15 is 0 Å². The number of hydrogen-bond donors (Lipinski definition) is 1. The highest BCUT2D eigenvalue weighted by molar-refractivity contribution is 5.94. The molecule has 1 unspecified atom stereocenters. The highest BCUT2D eigenvalue weighted by Gasteiger charge is 2.19. The average Bonchev–Trinajstić information content (AvgIpc) is 3.20. The molecule has 6 nitrogen and oxygen atoms in total. The monoisotopic (exact) mass is 442 g/mol. The number of imidazole rings is 1. The van der Waals surface area contributed by atoms with Crippen LogP contribution in [0.5, 0.6) is 5.75 Å². The van der Waals surface area contributed by atoms with Gasteiger partial charge in [0.25, 0.3) is 5.91 Å². The van der Waals surface area contributed by atoms with Crippen LogP contribution in [0, 0.1) is 13.8 Å². The molecule has 0 spiro atoms. The molecule has 0 fully saturated rings. The van der Waals surface area contributed by atoms with E-state index in [0.717, 1.165) is 53.1 Å². The van der Waals surface area contributed by atoms with E-state index in [2.05, 4.69) is 53.0 Å². The van der Waals surface area contributed by atoms with E-state index in [0.29, 0.717) is 12.2 Å². The lowest BCUT2D eigenvalue weighted by Gasteiger charge is -2.17. The fourth-order valence-electron chi connectivity index (χ4n) is 4.07. The van der Waals surface area contributed by atoms with Crippen LogP contribution in [0.2, 0.25) is 0 Å². The largest absolute Gasteiger partial charge is 0.493 e. The first-order valence-electron chi connectivity index (χ1n) is 11.4. The van der Waals surface area contributed by atoms with Crippen molar-refractivity contribution in [2.24, 2.45) is 0 Å². The second-order valence-electron chi connectivity index (χ2n) is 8.32. The van der Waals surface area contributed by atoms with Gasteiger partial charge < -0.3 is 14.6 Å². The Hall–Kier alpha value is -3.67. The number of nitrogens with zero attached hydrogens (tertiary/aromatic N) is 3. The van der Waals surface area contributed by atoms with E-state index in [1.165, 1.54) is 0 Å². The van der Waals surface area contributed by atoms with Gasteiger partial charge in [-0.1, -0.05) is 30.3 Å². The van der Waals surface area contributed by atoms with E-state index in [1.54, 1.807) is 24.5 Å². The topological polar surface area (TPSA) is 69.0 Å². The Morgan fingerprint density at radius 3 is 2.58 bits per heavy atom. The van der Waals surface area contributed by atoms with E-state index in [-0.39, 0.29) is 11.9 Å². The van der Waals surface area contributed by atoms with Crippen LogP contribution in [0.3, 0.4) is 0 Å². The molecule has 4 rings (SSSR count). The third-order valence-electron chi connectivity index (χ3n) is 5.77. The van der Waals surface area contributed by atoms with Crippen molar-refractivity contribution >= 4 is 16.9 Å². The molecule has 2 heterocycles. The number of hydrogen-bond acceptors (Lipinski definition) is 4. The maximum Gasteiger partial charge on any atom is 0.253 e. The summed E-state index contributed by atoms with van der Waals surface area (Å²) >= 11 is 0. The molecule has 0 saturated carbocycles. The van der Waals surface area contributed by atoms with Gasteiger partial charge in [0.15, 0.2) is 0 Å². The number of unbranched alkanes of at least 4 members (excludes halogenated alkanes) is 1. The van der Waals surface area contributed by atoms with Crippen molar-refractivity contribution in [1.82, 2.24) is 19.9 Å². The third kappa shape index (κ3) is 5.22. The van der Waals surface area contributed by atoms with Crippen molar-refractivity contribution in [2.45, 2.75) is 46.2 Å². The Bertz CT molecular complexity index is 1210. The van der Waals surface area contributed by atoms with Crippen LogP contribution in [0.4, 0.5) is 0 Å². The number of pyridine rings is 1. The molecule has 1 N–H and O–H groups in total. The second-order valence-corrected chi connectivity index (χ2v) is 8.32. The normalized spacial score (nSPS) is 12.0. The molecule has 33 heavy (non-hydrogen) atoms. The van der Waals surface area contributed by atoms with Gasteiger partial charge in [-0.25, -0.2) is 4.98 Å². The summed E-state index contributed by atoms with van der Waals surface area (Å²) in [5, 5.41) is 3.06. The summed E-state index contributed by atoms with van der Waals surface area (Å²) in [7, 11) is 0. The van der Waals surface area contributed by atoms with Crippen LogP contribution in [-0.2, 0) is 6.54 Å². The molecule has 6 heteroatoms. The number of amides is 1. The van der Waals surface area contributed by atoms with Gasteiger partial charge in [0, 0.05) is 18.9 Å². The Kier molecular flexibility index (Phi) is 7.03. The molecular formula is C27H30N4O2. The maximum atomic E-state index is 12.6. The number of carbonyl (C=O) groups excluding carboxylic acids is 1. The lowest BCUT2D eigenvalue weighted by atomic mass is 10.1. The van der Waals surface area contributed by atoms with Crippen LogP contribution in [0.15, 0.2) is 67.0 Å². The summed E-state index contributed by atoms with van der Waals surface area (Å²) in [5.41, 5.74) is 4.87. The van der Waals surface area contributed by atoms with Crippen molar-refractivity contribution in [2.75, 3.05) is 6.61 Å². The number of fused-ring (bicyclic) bond motifs is 1. The molecule has 2 aromatic heterocycles. The van der Waals surface area contributed by atoms with E-state index in [1.807, 2.05) is 25.1 Å². The number of aryl methyl sites for hydroxylation is 3. The zero-order chi connectivity index (χ0) is 23.2. The number of ether oxygens (including phenoxy) is 1. The summed E-state index contributed by atoms with van der Waals surface area (Å²) < 4.78 is 8.28. The quantitative estimate of drug-likeness (QED) is 0.353. The third-order valence-corrected chi connectivity index (χ3v) is 5.77. The molecular weight excluding hydrogens is 412 g/mol. The SMILES string of the molecule is Cc1cccc(C)c1OCCCCn1c(C(C)NC(=O)c2cccnc2)nc2ccccc21. The van der Waals surface area contributed by atoms with Crippen LogP contribution in [-0.4, -0.2) is 27.0 Å². The first-order chi connectivity index (χ1) is 16.0. The van der Waals surface area contributed by atoms with E-state index in [4.69, 9.17) is 9.72 Å². The number of nitrogens with one attached hydrogen (secondary N) is 1. The fraction of sp³-hybridized carbons (Fsp3) is 0.296. The van der Waals surface area contributed by atoms with E-state index in [9.17, 15) is 4.79 Å². The summed E-state index contributed by atoms with van der Waals surface area (Å²) in [5.74, 6) is 1.68. The molecule has 4 aromatic rings. The van der Waals surface area contributed by atoms with Gasteiger partial charge in [0.2, 0.25) is 0 Å². The average molecular weight is 443 g/mol. The Labute approximate surface area is 194 Å². The van der Waals surface area contributed by atoms with Crippen molar-refractivity contribution in [3.8, 4) is 5.75 Å². The number of rotatable bonds is 9. The fourth-order valence-corrected chi connectivity index (χ4v) is 4.07. The zero-order valence-corrected chi connectivity index (χ0v) is 19.4. The van der Waals surface area contributed by atoms with Gasteiger partial charge in [0.1, 0.15) is 11.6 Å².